The van der Waals surface area contributed by atoms with Gasteiger partial charge >= 0.3 is 0 Å². The van der Waals surface area contributed by atoms with Gasteiger partial charge in [0.05, 0.1) is 13.2 Å². The number of aryl methyl sites for hydroxylation is 1. The van der Waals surface area contributed by atoms with Crippen molar-refractivity contribution < 1.29 is 13.9 Å². The smallest absolute Gasteiger partial charge is 0.289 e. The Hall–Kier alpha value is -1.59. The maximum absolute atomic E-state index is 12.4. The van der Waals surface area contributed by atoms with Crippen LogP contribution in [0, 0.1) is 6.92 Å². The summed E-state index contributed by atoms with van der Waals surface area (Å²) in [5.74, 6) is 1.06. The van der Waals surface area contributed by atoms with Gasteiger partial charge in [-0.15, -0.1) is 0 Å². The fourth-order valence-corrected chi connectivity index (χ4v) is 2.68. The first-order valence-electron chi connectivity index (χ1n) is 6.86. The molecule has 1 atom stereocenters. The summed E-state index contributed by atoms with van der Waals surface area (Å²) in [6, 6.07) is 11.5. The van der Waals surface area contributed by atoms with E-state index in [-0.39, 0.29) is 12.0 Å². The van der Waals surface area contributed by atoms with Crippen LogP contribution in [0.2, 0.25) is 0 Å². The molecular formula is C16H16BrNO3. The molecule has 0 bridgehead atoms. The molecule has 0 N–H and O–H groups in total. The first-order chi connectivity index (χ1) is 10.1. The average molecular weight is 350 g/mol. The zero-order valence-corrected chi connectivity index (χ0v) is 13.3. The van der Waals surface area contributed by atoms with Gasteiger partial charge in [-0.3, -0.25) is 4.79 Å². The summed E-state index contributed by atoms with van der Waals surface area (Å²) >= 11 is 3.42. The minimum atomic E-state index is -0.0909. The molecule has 3 rings (SSSR count). The predicted molar refractivity (Wildman–Crippen MR) is 82.2 cm³/mol. The van der Waals surface area contributed by atoms with Crippen molar-refractivity contribution >= 4 is 21.8 Å². The van der Waals surface area contributed by atoms with Crippen LogP contribution in [0.25, 0.3) is 0 Å². The van der Waals surface area contributed by atoms with Crippen molar-refractivity contribution in [3.8, 4) is 0 Å². The van der Waals surface area contributed by atoms with Crippen molar-refractivity contribution in [1.82, 2.24) is 4.90 Å². The SMILES string of the molecule is Cc1ccc(C(=O)N2CCOC(c3ccc(Br)cc3)C2)o1. The summed E-state index contributed by atoms with van der Waals surface area (Å²) in [5.41, 5.74) is 1.08. The van der Waals surface area contributed by atoms with E-state index in [4.69, 9.17) is 9.15 Å². The Morgan fingerprint density at radius 1 is 1.24 bits per heavy atom. The van der Waals surface area contributed by atoms with Crippen LogP contribution < -0.4 is 0 Å². The monoisotopic (exact) mass is 349 g/mol. The molecule has 1 fully saturated rings. The number of carbonyl (C=O) groups is 1. The third kappa shape index (κ3) is 3.19. The van der Waals surface area contributed by atoms with Crippen LogP contribution in [0.15, 0.2) is 45.3 Å². The number of benzene rings is 1. The van der Waals surface area contributed by atoms with Gasteiger partial charge in [0.1, 0.15) is 11.9 Å². The fourth-order valence-electron chi connectivity index (χ4n) is 2.42. The van der Waals surface area contributed by atoms with E-state index < -0.39 is 0 Å². The van der Waals surface area contributed by atoms with Gasteiger partial charge in [-0.2, -0.15) is 0 Å². The molecule has 5 heteroatoms. The minimum absolute atomic E-state index is 0.0755. The molecule has 1 saturated heterocycles. The van der Waals surface area contributed by atoms with E-state index in [1.54, 1.807) is 17.0 Å². The second-order valence-corrected chi connectivity index (χ2v) is 5.99. The first-order valence-corrected chi connectivity index (χ1v) is 7.65. The predicted octanol–water partition coefficient (Wildman–Crippen LogP) is 3.56. The zero-order chi connectivity index (χ0) is 14.8. The van der Waals surface area contributed by atoms with Gasteiger partial charge in [0.2, 0.25) is 0 Å². The Labute approximate surface area is 131 Å². The molecule has 0 radical (unpaired) electrons. The highest BCUT2D eigenvalue weighted by Gasteiger charge is 2.27. The molecule has 1 aliphatic rings. The molecule has 0 spiro atoms. The number of ether oxygens (including phenoxy) is 1. The molecule has 1 aromatic carbocycles. The molecule has 0 saturated carbocycles. The van der Waals surface area contributed by atoms with Gasteiger partial charge < -0.3 is 14.1 Å². The van der Waals surface area contributed by atoms with Crippen molar-refractivity contribution in [2.45, 2.75) is 13.0 Å². The van der Waals surface area contributed by atoms with E-state index in [2.05, 4.69) is 15.9 Å². The third-order valence-electron chi connectivity index (χ3n) is 3.55. The van der Waals surface area contributed by atoms with E-state index in [9.17, 15) is 4.79 Å². The lowest BCUT2D eigenvalue weighted by Gasteiger charge is -2.32. The average Bonchev–Trinajstić information content (AvgIpc) is 2.94. The largest absolute Gasteiger partial charge is 0.456 e. The standard InChI is InChI=1S/C16H16BrNO3/c1-11-2-7-14(21-11)16(19)18-8-9-20-15(10-18)12-3-5-13(17)6-4-12/h2-7,15H,8-10H2,1H3. The lowest BCUT2D eigenvalue weighted by atomic mass is 10.1. The summed E-state index contributed by atoms with van der Waals surface area (Å²) in [6.07, 6.45) is -0.0909. The molecule has 1 unspecified atom stereocenters. The highest BCUT2D eigenvalue weighted by molar-refractivity contribution is 9.10. The van der Waals surface area contributed by atoms with Crippen molar-refractivity contribution in [3.63, 3.8) is 0 Å². The van der Waals surface area contributed by atoms with Gasteiger partial charge in [0.25, 0.3) is 5.91 Å². The third-order valence-corrected chi connectivity index (χ3v) is 4.08. The first kappa shape index (κ1) is 14.4. The highest BCUT2D eigenvalue weighted by Crippen LogP contribution is 2.25. The molecule has 1 amide bonds. The summed E-state index contributed by atoms with van der Waals surface area (Å²) < 4.78 is 12.2. The Kier molecular flexibility index (Phi) is 4.12. The summed E-state index contributed by atoms with van der Waals surface area (Å²) in [5, 5.41) is 0. The van der Waals surface area contributed by atoms with Crippen LogP contribution in [-0.2, 0) is 4.74 Å². The van der Waals surface area contributed by atoms with E-state index in [1.165, 1.54) is 0 Å². The maximum atomic E-state index is 12.4. The van der Waals surface area contributed by atoms with Gasteiger partial charge in [-0.05, 0) is 36.8 Å². The lowest BCUT2D eigenvalue weighted by molar-refractivity contribution is -0.0238. The van der Waals surface area contributed by atoms with Gasteiger partial charge in [-0.1, -0.05) is 28.1 Å². The van der Waals surface area contributed by atoms with Crippen LogP contribution in [-0.4, -0.2) is 30.5 Å². The van der Waals surface area contributed by atoms with Crippen LogP contribution in [0.4, 0.5) is 0 Å². The summed E-state index contributed by atoms with van der Waals surface area (Å²) in [7, 11) is 0. The Morgan fingerprint density at radius 3 is 2.67 bits per heavy atom. The molecule has 110 valence electrons. The lowest BCUT2D eigenvalue weighted by Crippen LogP contribution is -2.42. The number of amides is 1. The molecular weight excluding hydrogens is 334 g/mol. The van der Waals surface area contributed by atoms with Gasteiger partial charge in [0, 0.05) is 11.0 Å². The van der Waals surface area contributed by atoms with E-state index >= 15 is 0 Å². The van der Waals surface area contributed by atoms with Crippen LogP contribution >= 0.6 is 15.9 Å². The normalized spacial score (nSPS) is 18.8. The topological polar surface area (TPSA) is 42.7 Å². The summed E-state index contributed by atoms with van der Waals surface area (Å²) in [4.78, 5) is 14.2. The Balaban J connectivity index is 1.73. The van der Waals surface area contributed by atoms with E-state index in [0.717, 1.165) is 15.8 Å². The number of nitrogens with zero attached hydrogens (tertiary/aromatic N) is 1. The fraction of sp³-hybridized carbons (Fsp3) is 0.312. The number of rotatable bonds is 2. The Morgan fingerprint density at radius 2 is 2.00 bits per heavy atom. The number of halogens is 1. The number of hydrogen-bond acceptors (Lipinski definition) is 3. The van der Waals surface area contributed by atoms with Crippen LogP contribution in [0.5, 0.6) is 0 Å². The minimum Gasteiger partial charge on any atom is -0.456 e. The summed E-state index contributed by atoms with van der Waals surface area (Å²) in [6.45, 7) is 3.50. The number of morpholine rings is 1. The number of carbonyl (C=O) groups excluding carboxylic acids is 1. The second-order valence-electron chi connectivity index (χ2n) is 5.07. The maximum Gasteiger partial charge on any atom is 0.289 e. The zero-order valence-electron chi connectivity index (χ0n) is 11.7. The molecule has 0 aliphatic carbocycles. The number of furan rings is 1. The number of hydrogen-bond donors (Lipinski definition) is 0. The van der Waals surface area contributed by atoms with Crippen molar-refractivity contribution in [3.05, 3.63) is 58.0 Å². The second kappa shape index (κ2) is 6.03. The molecule has 1 aromatic heterocycles. The van der Waals surface area contributed by atoms with Crippen LogP contribution in [0.1, 0.15) is 28.0 Å². The van der Waals surface area contributed by atoms with Crippen molar-refractivity contribution in [2.24, 2.45) is 0 Å². The quantitative estimate of drug-likeness (QED) is 0.832. The van der Waals surface area contributed by atoms with Crippen molar-refractivity contribution in [1.29, 1.82) is 0 Å². The van der Waals surface area contributed by atoms with E-state index in [0.29, 0.717) is 25.5 Å². The van der Waals surface area contributed by atoms with Gasteiger partial charge in [0.15, 0.2) is 5.76 Å². The molecule has 2 heterocycles. The van der Waals surface area contributed by atoms with E-state index in [1.807, 2.05) is 31.2 Å². The Bertz CT molecular complexity index is 635. The molecule has 21 heavy (non-hydrogen) atoms. The van der Waals surface area contributed by atoms with Crippen molar-refractivity contribution in [2.75, 3.05) is 19.7 Å². The molecule has 4 nitrogen and oxygen atoms in total. The van der Waals surface area contributed by atoms with Gasteiger partial charge in [-0.25, -0.2) is 0 Å². The molecule has 2 aromatic rings. The van der Waals surface area contributed by atoms with Crippen LogP contribution in [0.3, 0.4) is 0 Å². The highest BCUT2D eigenvalue weighted by atomic mass is 79.9. The molecule has 1 aliphatic heterocycles.